The van der Waals surface area contributed by atoms with Crippen molar-refractivity contribution >= 4 is 17.6 Å². The van der Waals surface area contributed by atoms with Gasteiger partial charge in [-0.05, 0) is 11.5 Å². The number of carbonyl (C=O) groups is 2. The van der Waals surface area contributed by atoms with Crippen LogP contribution in [-0.2, 0) is 10.2 Å². The maximum atomic E-state index is 12.5. The van der Waals surface area contributed by atoms with Gasteiger partial charge in [-0.25, -0.2) is 9.18 Å². The Labute approximate surface area is 126 Å². The Balaban J connectivity index is 3.17. The summed E-state index contributed by atoms with van der Waals surface area (Å²) in [6.45, 7) is 4.10. The fourth-order valence-corrected chi connectivity index (χ4v) is 1.87. The quantitative estimate of drug-likeness (QED) is 0.638. The van der Waals surface area contributed by atoms with Crippen molar-refractivity contribution in [3.8, 4) is 0 Å². The van der Waals surface area contributed by atoms with Gasteiger partial charge in [0.05, 0.1) is 4.92 Å². The molecule has 8 heteroatoms. The number of aliphatic carboxylic acids is 1. The molecule has 0 saturated heterocycles. The van der Waals surface area contributed by atoms with Gasteiger partial charge in [-0.1, -0.05) is 26.8 Å². The van der Waals surface area contributed by atoms with Crippen LogP contribution >= 0.6 is 0 Å². The minimum Gasteiger partial charge on any atom is -0.480 e. The van der Waals surface area contributed by atoms with Gasteiger partial charge in [0.2, 0.25) is 0 Å². The Hall–Kier alpha value is -2.51. The molecule has 120 valence electrons. The SMILES string of the molecule is CC(C)(C)c1ccc(C(=O)NC(CF)C(=O)O)cc1[N+](=O)[O-]. The summed E-state index contributed by atoms with van der Waals surface area (Å²) in [5, 5.41) is 21.8. The van der Waals surface area contributed by atoms with E-state index in [1.165, 1.54) is 12.1 Å². The fourth-order valence-electron chi connectivity index (χ4n) is 1.87. The van der Waals surface area contributed by atoms with Crippen molar-refractivity contribution < 1.29 is 24.0 Å². The van der Waals surface area contributed by atoms with E-state index >= 15 is 0 Å². The lowest BCUT2D eigenvalue weighted by molar-refractivity contribution is -0.386. The van der Waals surface area contributed by atoms with Gasteiger partial charge in [0.25, 0.3) is 11.6 Å². The molecule has 1 amide bonds. The zero-order valence-electron chi connectivity index (χ0n) is 12.4. The number of carboxylic acid groups (broad SMARTS) is 1. The second-order valence-electron chi connectivity index (χ2n) is 5.76. The molecule has 1 aromatic rings. The number of benzene rings is 1. The van der Waals surface area contributed by atoms with Gasteiger partial charge in [-0.2, -0.15) is 0 Å². The van der Waals surface area contributed by atoms with Crippen LogP contribution in [0.3, 0.4) is 0 Å². The fraction of sp³-hybridized carbons (Fsp3) is 0.429. The summed E-state index contributed by atoms with van der Waals surface area (Å²) < 4.78 is 12.5. The predicted molar refractivity (Wildman–Crippen MR) is 76.7 cm³/mol. The number of nitrogens with zero attached hydrogens (tertiary/aromatic N) is 1. The molecule has 0 aliphatic heterocycles. The van der Waals surface area contributed by atoms with E-state index in [-0.39, 0.29) is 11.3 Å². The third kappa shape index (κ3) is 4.00. The van der Waals surface area contributed by atoms with Crippen LogP contribution in [0.25, 0.3) is 0 Å². The van der Waals surface area contributed by atoms with Crippen LogP contribution in [0.5, 0.6) is 0 Å². The van der Waals surface area contributed by atoms with Gasteiger partial charge in [0, 0.05) is 17.2 Å². The number of amides is 1. The maximum Gasteiger partial charge on any atom is 0.328 e. The van der Waals surface area contributed by atoms with Crippen molar-refractivity contribution in [2.45, 2.75) is 32.2 Å². The van der Waals surface area contributed by atoms with E-state index in [0.29, 0.717) is 5.56 Å². The van der Waals surface area contributed by atoms with E-state index in [2.05, 4.69) is 0 Å². The highest BCUT2D eigenvalue weighted by Crippen LogP contribution is 2.31. The Morgan fingerprint density at radius 1 is 1.41 bits per heavy atom. The number of nitro groups is 1. The van der Waals surface area contributed by atoms with Crippen LogP contribution < -0.4 is 5.32 Å². The minimum atomic E-state index is -1.69. The van der Waals surface area contributed by atoms with E-state index in [1.54, 1.807) is 20.8 Å². The van der Waals surface area contributed by atoms with E-state index in [9.17, 15) is 24.1 Å². The molecule has 7 nitrogen and oxygen atoms in total. The highest BCUT2D eigenvalue weighted by Gasteiger charge is 2.27. The third-order valence-electron chi connectivity index (χ3n) is 3.02. The van der Waals surface area contributed by atoms with Gasteiger partial charge in [0.1, 0.15) is 6.67 Å². The van der Waals surface area contributed by atoms with Crippen molar-refractivity contribution in [1.82, 2.24) is 5.32 Å². The molecule has 0 aliphatic rings. The van der Waals surface area contributed by atoms with Gasteiger partial charge in [-0.3, -0.25) is 14.9 Å². The molecule has 0 radical (unpaired) electrons. The number of nitro benzene ring substituents is 1. The van der Waals surface area contributed by atoms with Crippen molar-refractivity contribution in [3.05, 3.63) is 39.4 Å². The van der Waals surface area contributed by atoms with Crippen LogP contribution in [0.1, 0.15) is 36.7 Å². The molecule has 0 spiro atoms. The minimum absolute atomic E-state index is 0.0978. The number of carbonyl (C=O) groups excluding carboxylic acids is 1. The number of nitrogens with one attached hydrogen (secondary N) is 1. The summed E-state index contributed by atoms with van der Waals surface area (Å²) in [7, 11) is 0. The van der Waals surface area contributed by atoms with Crippen LogP contribution in [-0.4, -0.2) is 34.6 Å². The van der Waals surface area contributed by atoms with Gasteiger partial charge in [-0.15, -0.1) is 0 Å². The number of hydrogen-bond acceptors (Lipinski definition) is 4. The lowest BCUT2D eigenvalue weighted by Crippen LogP contribution is -2.42. The normalized spacial score (nSPS) is 12.5. The Kier molecular flexibility index (Phi) is 5.19. The second-order valence-corrected chi connectivity index (χ2v) is 5.76. The van der Waals surface area contributed by atoms with Gasteiger partial charge < -0.3 is 10.4 Å². The zero-order chi connectivity index (χ0) is 17.1. The summed E-state index contributed by atoms with van der Waals surface area (Å²) in [5.74, 6) is -2.40. The predicted octanol–water partition coefficient (Wildman–Crippen LogP) is 2.04. The number of hydrogen-bond donors (Lipinski definition) is 2. The topological polar surface area (TPSA) is 110 Å². The van der Waals surface area contributed by atoms with E-state index in [1.807, 2.05) is 5.32 Å². The second kappa shape index (κ2) is 6.50. The molecular formula is C14H17FN2O5. The molecule has 2 N–H and O–H groups in total. The van der Waals surface area contributed by atoms with Crippen molar-refractivity contribution in [2.24, 2.45) is 0 Å². The molecule has 1 unspecified atom stereocenters. The van der Waals surface area contributed by atoms with Gasteiger partial charge >= 0.3 is 5.97 Å². The highest BCUT2D eigenvalue weighted by atomic mass is 19.1. The molecule has 1 rings (SSSR count). The molecule has 0 aliphatic carbocycles. The summed E-state index contributed by atoms with van der Waals surface area (Å²) in [6, 6.07) is 2.17. The van der Waals surface area contributed by atoms with E-state index < -0.39 is 34.9 Å². The third-order valence-corrected chi connectivity index (χ3v) is 3.02. The smallest absolute Gasteiger partial charge is 0.328 e. The molecule has 1 aromatic carbocycles. The first-order valence-corrected chi connectivity index (χ1v) is 6.46. The van der Waals surface area contributed by atoms with Crippen molar-refractivity contribution in [1.29, 1.82) is 0 Å². The summed E-state index contributed by atoms with van der Waals surface area (Å²) >= 11 is 0. The standard InChI is InChI=1S/C14H17FN2O5/c1-14(2,3)9-5-4-8(6-11(9)17(21)22)12(18)16-10(7-15)13(19)20/h4-6,10H,7H2,1-3H3,(H,16,18)(H,19,20). The average molecular weight is 312 g/mol. The highest BCUT2D eigenvalue weighted by molar-refractivity contribution is 5.97. The number of halogens is 1. The van der Waals surface area contributed by atoms with E-state index in [4.69, 9.17) is 5.11 Å². The van der Waals surface area contributed by atoms with Crippen LogP contribution in [0.2, 0.25) is 0 Å². The van der Waals surface area contributed by atoms with E-state index in [0.717, 1.165) is 6.07 Å². The molecule has 1 atom stereocenters. The first-order valence-electron chi connectivity index (χ1n) is 6.46. The van der Waals surface area contributed by atoms with Gasteiger partial charge in [0.15, 0.2) is 6.04 Å². The Morgan fingerprint density at radius 3 is 2.41 bits per heavy atom. The molecule has 0 bridgehead atoms. The molecule has 0 fully saturated rings. The van der Waals surface area contributed by atoms with Crippen molar-refractivity contribution in [3.63, 3.8) is 0 Å². The average Bonchev–Trinajstić information content (AvgIpc) is 2.42. The number of alkyl halides is 1. The first-order chi connectivity index (χ1) is 10.1. The maximum absolute atomic E-state index is 12.5. The monoisotopic (exact) mass is 312 g/mol. The Bertz CT molecular complexity index is 610. The number of carboxylic acids is 1. The summed E-state index contributed by atoms with van der Waals surface area (Å²) in [4.78, 5) is 33.1. The molecular weight excluding hydrogens is 295 g/mol. The summed E-state index contributed by atoms with van der Waals surface area (Å²) in [6.07, 6.45) is 0. The van der Waals surface area contributed by atoms with Crippen LogP contribution in [0.15, 0.2) is 18.2 Å². The lowest BCUT2D eigenvalue weighted by Gasteiger charge is -2.19. The first kappa shape index (κ1) is 17.5. The molecule has 0 aromatic heterocycles. The largest absolute Gasteiger partial charge is 0.480 e. The van der Waals surface area contributed by atoms with Crippen LogP contribution in [0.4, 0.5) is 10.1 Å². The summed E-state index contributed by atoms with van der Waals surface area (Å²) in [5.41, 5.74) is -0.402. The molecule has 0 heterocycles. The zero-order valence-corrected chi connectivity index (χ0v) is 12.4. The lowest BCUT2D eigenvalue weighted by atomic mass is 9.85. The van der Waals surface area contributed by atoms with Crippen molar-refractivity contribution in [2.75, 3.05) is 6.67 Å². The molecule has 22 heavy (non-hydrogen) atoms. The van der Waals surface area contributed by atoms with Crippen LogP contribution in [0, 0.1) is 10.1 Å². The number of rotatable bonds is 5. The Morgan fingerprint density at radius 2 is 2.00 bits per heavy atom. The molecule has 0 saturated carbocycles.